The van der Waals surface area contributed by atoms with Crippen LogP contribution in [-0.4, -0.2) is 34.7 Å². The number of hydrogen-bond acceptors (Lipinski definition) is 5. The van der Waals surface area contributed by atoms with Crippen molar-refractivity contribution < 1.29 is 4.74 Å². The SMILES string of the molecule is CC1(CNc2nccc(C(N)=S)n2)CCOCC1. The Kier molecular flexibility index (Phi) is 4.08. The van der Waals surface area contributed by atoms with Crippen LogP contribution in [0.3, 0.4) is 0 Å². The van der Waals surface area contributed by atoms with Gasteiger partial charge < -0.3 is 15.8 Å². The van der Waals surface area contributed by atoms with Crippen LogP contribution in [0.1, 0.15) is 25.5 Å². The number of thiocarbonyl (C=S) groups is 1. The van der Waals surface area contributed by atoms with Crippen molar-refractivity contribution in [2.75, 3.05) is 25.1 Å². The summed E-state index contributed by atoms with van der Waals surface area (Å²) in [6.45, 7) is 4.73. The van der Waals surface area contributed by atoms with Gasteiger partial charge in [0.2, 0.25) is 5.95 Å². The number of anilines is 1. The molecule has 6 heteroatoms. The largest absolute Gasteiger partial charge is 0.388 e. The molecule has 0 bridgehead atoms. The summed E-state index contributed by atoms with van der Waals surface area (Å²) in [5.74, 6) is 0.577. The van der Waals surface area contributed by atoms with Gasteiger partial charge in [0, 0.05) is 26.0 Å². The highest BCUT2D eigenvalue weighted by Gasteiger charge is 2.27. The third-order valence-corrected chi connectivity index (χ3v) is 3.49. The van der Waals surface area contributed by atoms with Gasteiger partial charge in [0.25, 0.3) is 0 Å². The minimum atomic E-state index is 0.237. The van der Waals surface area contributed by atoms with E-state index in [9.17, 15) is 0 Å². The van der Waals surface area contributed by atoms with Crippen LogP contribution < -0.4 is 11.1 Å². The smallest absolute Gasteiger partial charge is 0.223 e. The van der Waals surface area contributed by atoms with E-state index in [-0.39, 0.29) is 10.4 Å². The van der Waals surface area contributed by atoms with Crippen LogP contribution in [0.15, 0.2) is 12.3 Å². The number of nitrogens with one attached hydrogen (secondary N) is 1. The van der Waals surface area contributed by atoms with E-state index < -0.39 is 0 Å². The Morgan fingerprint density at radius 3 is 2.94 bits per heavy atom. The van der Waals surface area contributed by atoms with Gasteiger partial charge in [0.05, 0.1) is 0 Å². The maximum absolute atomic E-state index is 5.54. The zero-order valence-electron chi connectivity index (χ0n) is 10.5. The Balaban J connectivity index is 1.97. The molecule has 0 aromatic carbocycles. The van der Waals surface area contributed by atoms with Gasteiger partial charge in [-0.1, -0.05) is 19.1 Å². The summed E-state index contributed by atoms with van der Waals surface area (Å²) >= 11 is 4.90. The molecule has 1 fully saturated rings. The summed E-state index contributed by atoms with van der Waals surface area (Å²) in [6.07, 6.45) is 3.76. The molecule has 2 rings (SSSR count). The van der Waals surface area contributed by atoms with E-state index in [0.29, 0.717) is 11.6 Å². The van der Waals surface area contributed by atoms with E-state index in [4.69, 9.17) is 22.7 Å². The van der Waals surface area contributed by atoms with Crippen LogP contribution in [-0.2, 0) is 4.74 Å². The summed E-state index contributed by atoms with van der Waals surface area (Å²) in [4.78, 5) is 8.73. The molecule has 0 radical (unpaired) electrons. The fraction of sp³-hybridized carbons (Fsp3) is 0.583. The number of rotatable bonds is 4. The molecule has 18 heavy (non-hydrogen) atoms. The molecule has 5 nitrogen and oxygen atoms in total. The van der Waals surface area contributed by atoms with Crippen LogP contribution in [0.5, 0.6) is 0 Å². The second kappa shape index (κ2) is 5.58. The molecular formula is C12H18N4OS. The number of nitrogens with two attached hydrogens (primary N) is 1. The molecule has 1 aromatic heterocycles. The number of hydrogen-bond donors (Lipinski definition) is 2. The highest BCUT2D eigenvalue weighted by Crippen LogP contribution is 2.29. The predicted molar refractivity (Wildman–Crippen MR) is 74.6 cm³/mol. The number of ether oxygens (including phenoxy) is 1. The lowest BCUT2D eigenvalue weighted by Gasteiger charge is -2.33. The first-order valence-electron chi connectivity index (χ1n) is 6.04. The van der Waals surface area contributed by atoms with Crippen molar-refractivity contribution in [2.45, 2.75) is 19.8 Å². The molecule has 1 aliphatic rings. The lowest BCUT2D eigenvalue weighted by molar-refractivity contribution is 0.0299. The second-order valence-corrected chi connectivity index (χ2v) is 5.35. The maximum atomic E-state index is 5.54. The fourth-order valence-corrected chi connectivity index (χ4v) is 2.03. The average molecular weight is 266 g/mol. The van der Waals surface area contributed by atoms with Gasteiger partial charge in [-0.2, -0.15) is 0 Å². The first-order valence-corrected chi connectivity index (χ1v) is 6.44. The van der Waals surface area contributed by atoms with Gasteiger partial charge in [0.15, 0.2) is 0 Å². The molecule has 98 valence electrons. The lowest BCUT2D eigenvalue weighted by Crippen LogP contribution is -2.33. The van der Waals surface area contributed by atoms with Crippen molar-refractivity contribution in [2.24, 2.45) is 11.1 Å². The monoisotopic (exact) mass is 266 g/mol. The van der Waals surface area contributed by atoms with Gasteiger partial charge in [0.1, 0.15) is 10.7 Å². The first-order chi connectivity index (χ1) is 8.59. The van der Waals surface area contributed by atoms with Gasteiger partial charge >= 0.3 is 0 Å². The van der Waals surface area contributed by atoms with Crippen molar-refractivity contribution in [3.05, 3.63) is 18.0 Å². The summed E-state index contributed by atoms with van der Waals surface area (Å²) in [7, 11) is 0. The fourth-order valence-electron chi connectivity index (χ4n) is 1.91. The van der Waals surface area contributed by atoms with Crippen LogP contribution in [0.2, 0.25) is 0 Å². The summed E-state index contributed by atoms with van der Waals surface area (Å²) in [6, 6.07) is 1.71. The molecule has 0 aliphatic carbocycles. The Morgan fingerprint density at radius 1 is 1.56 bits per heavy atom. The third-order valence-electron chi connectivity index (χ3n) is 3.28. The molecule has 0 unspecified atom stereocenters. The second-order valence-electron chi connectivity index (χ2n) is 4.91. The Hall–Kier alpha value is -1.27. The molecule has 3 N–H and O–H groups in total. The summed E-state index contributed by atoms with van der Waals surface area (Å²) in [5, 5.41) is 3.26. The lowest BCUT2D eigenvalue weighted by atomic mass is 9.82. The van der Waals surface area contributed by atoms with E-state index in [0.717, 1.165) is 32.6 Å². The van der Waals surface area contributed by atoms with E-state index in [1.807, 2.05) is 0 Å². The van der Waals surface area contributed by atoms with Crippen LogP contribution in [0.4, 0.5) is 5.95 Å². The zero-order chi connectivity index (χ0) is 13.0. The van der Waals surface area contributed by atoms with Crippen LogP contribution >= 0.6 is 12.2 Å². The van der Waals surface area contributed by atoms with Gasteiger partial charge in [-0.25, -0.2) is 9.97 Å². The van der Waals surface area contributed by atoms with E-state index in [2.05, 4.69) is 22.2 Å². The summed E-state index contributed by atoms with van der Waals surface area (Å²) < 4.78 is 5.37. The number of aromatic nitrogens is 2. The highest BCUT2D eigenvalue weighted by atomic mass is 32.1. The Morgan fingerprint density at radius 2 is 2.28 bits per heavy atom. The van der Waals surface area contributed by atoms with Crippen molar-refractivity contribution >= 4 is 23.2 Å². The predicted octanol–water partition coefficient (Wildman–Crippen LogP) is 1.34. The molecule has 1 saturated heterocycles. The van der Waals surface area contributed by atoms with E-state index in [1.165, 1.54) is 0 Å². The number of nitrogens with zero attached hydrogens (tertiary/aromatic N) is 2. The van der Waals surface area contributed by atoms with Gasteiger partial charge in [-0.3, -0.25) is 0 Å². The molecule has 0 spiro atoms. The molecule has 0 saturated carbocycles. The van der Waals surface area contributed by atoms with Gasteiger partial charge in [-0.05, 0) is 24.3 Å². The van der Waals surface area contributed by atoms with Crippen molar-refractivity contribution in [1.29, 1.82) is 0 Å². The Labute approximate surface area is 112 Å². The highest BCUT2D eigenvalue weighted by molar-refractivity contribution is 7.80. The van der Waals surface area contributed by atoms with Crippen molar-refractivity contribution in [1.82, 2.24) is 9.97 Å². The molecule has 0 amide bonds. The standard InChI is InChI=1S/C12H18N4OS/c1-12(3-6-17-7-4-12)8-15-11-14-5-2-9(16-11)10(13)18/h2,5H,3-4,6-8H2,1H3,(H2,13,18)(H,14,15,16). The zero-order valence-corrected chi connectivity index (χ0v) is 11.3. The maximum Gasteiger partial charge on any atom is 0.223 e. The van der Waals surface area contributed by atoms with Gasteiger partial charge in [-0.15, -0.1) is 0 Å². The minimum absolute atomic E-state index is 0.237. The normalized spacial score (nSPS) is 18.3. The van der Waals surface area contributed by atoms with E-state index >= 15 is 0 Å². The first kappa shape index (κ1) is 13.2. The van der Waals surface area contributed by atoms with Crippen LogP contribution in [0.25, 0.3) is 0 Å². The molecule has 2 heterocycles. The molecule has 1 aromatic rings. The third kappa shape index (κ3) is 3.36. The van der Waals surface area contributed by atoms with Crippen LogP contribution in [0, 0.1) is 5.41 Å². The van der Waals surface area contributed by atoms with Crippen molar-refractivity contribution in [3.8, 4) is 0 Å². The van der Waals surface area contributed by atoms with Crippen molar-refractivity contribution in [3.63, 3.8) is 0 Å². The minimum Gasteiger partial charge on any atom is -0.388 e. The Bertz CT molecular complexity index is 432. The molecule has 0 atom stereocenters. The average Bonchev–Trinajstić information content (AvgIpc) is 2.38. The topological polar surface area (TPSA) is 73.1 Å². The quantitative estimate of drug-likeness (QED) is 0.801. The molecular weight excluding hydrogens is 248 g/mol. The van der Waals surface area contributed by atoms with E-state index in [1.54, 1.807) is 12.3 Å². The summed E-state index contributed by atoms with van der Waals surface area (Å²) in [5.41, 5.74) is 6.38. The molecule has 1 aliphatic heterocycles.